The van der Waals surface area contributed by atoms with Gasteiger partial charge in [0.25, 0.3) is 0 Å². The van der Waals surface area contributed by atoms with Crippen molar-refractivity contribution in [3.63, 3.8) is 0 Å². The van der Waals surface area contributed by atoms with Gasteiger partial charge in [-0.2, -0.15) is 5.10 Å². The van der Waals surface area contributed by atoms with Gasteiger partial charge in [-0.15, -0.1) is 0 Å². The molecule has 2 heterocycles. The van der Waals surface area contributed by atoms with E-state index in [1.54, 1.807) is 4.52 Å². The van der Waals surface area contributed by atoms with Crippen molar-refractivity contribution < 1.29 is 0 Å². The molecule has 16 heavy (non-hydrogen) atoms. The van der Waals surface area contributed by atoms with E-state index >= 15 is 0 Å². The number of fused-ring (bicyclic) bond motifs is 1. The summed E-state index contributed by atoms with van der Waals surface area (Å²) >= 11 is 6.39. The second-order valence-electron chi connectivity index (χ2n) is 4.50. The van der Waals surface area contributed by atoms with E-state index in [2.05, 4.69) is 23.9 Å². The first-order chi connectivity index (χ1) is 7.43. The molecule has 86 valence electrons. The van der Waals surface area contributed by atoms with Gasteiger partial charge in [0.2, 0.25) is 0 Å². The van der Waals surface area contributed by atoms with Crippen molar-refractivity contribution in [2.45, 2.75) is 40.5 Å². The largest absolute Gasteiger partial charge is 0.233 e. The average molecular weight is 238 g/mol. The van der Waals surface area contributed by atoms with E-state index in [-0.39, 0.29) is 0 Å². The summed E-state index contributed by atoms with van der Waals surface area (Å²) in [6.07, 6.45) is 0. The molecule has 0 bridgehead atoms. The molecule has 0 amide bonds. The van der Waals surface area contributed by atoms with Crippen molar-refractivity contribution in [3.05, 3.63) is 27.7 Å². The van der Waals surface area contributed by atoms with Crippen molar-refractivity contribution >= 4 is 17.2 Å². The van der Waals surface area contributed by atoms with Gasteiger partial charge < -0.3 is 0 Å². The molecule has 0 aliphatic heterocycles. The molecule has 0 fully saturated rings. The highest BCUT2D eigenvalue weighted by molar-refractivity contribution is 6.30. The minimum absolute atomic E-state index is 0.356. The smallest absolute Gasteiger partial charge is 0.160 e. The van der Waals surface area contributed by atoms with Gasteiger partial charge in [-0.1, -0.05) is 25.4 Å². The molecule has 0 aliphatic rings. The molecule has 0 aromatic carbocycles. The molecule has 4 heteroatoms. The van der Waals surface area contributed by atoms with E-state index in [1.807, 2.05) is 20.8 Å². The lowest BCUT2D eigenvalue weighted by Crippen LogP contribution is -2.04. The first-order valence-electron chi connectivity index (χ1n) is 5.45. The third-order valence-corrected chi connectivity index (χ3v) is 3.34. The maximum absolute atomic E-state index is 6.39. The van der Waals surface area contributed by atoms with Crippen LogP contribution < -0.4 is 0 Å². The Morgan fingerprint density at radius 3 is 2.31 bits per heavy atom. The Labute approximate surface area is 100 Å². The Hall–Kier alpha value is -1.09. The standard InChI is InChI=1S/C12H16ClN3/c1-6(2)10-9(5)14-12-7(3)8(4)15-16(12)11(10)13/h6H,1-5H3. The van der Waals surface area contributed by atoms with Gasteiger partial charge >= 0.3 is 0 Å². The molecule has 0 saturated carbocycles. The van der Waals surface area contributed by atoms with Gasteiger partial charge in [0.05, 0.1) is 5.69 Å². The van der Waals surface area contributed by atoms with E-state index in [0.717, 1.165) is 28.2 Å². The van der Waals surface area contributed by atoms with Crippen LogP contribution in [0.5, 0.6) is 0 Å². The first kappa shape index (κ1) is 11.4. The maximum atomic E-state index is 6.39. The molecule has 0 spiro atoms. The quantitative estimate of drug-likeness (QED) is 0.712. The van der Waals surface area contributed by atoms with Gasteiger partial charge in [-0.3, -0.25) is 0 Å². The van der Waals surface area contributed by atoms with Crippen LogP contribution in [-0.4, -0.2) is 14.6 Å². The number of aromatic nitrogens is 3. The fourth-order valence-electron chi connectivity index (χ4n) is 2.00. The van der Waals surface area contributed by atoms with Gasteiger partial charge in [-0.25, -0.2) is 9.50 Å². The lowest BCUT2D eigenvalue weighted by atomic mass is 10.0. The third kappa shape index (κ3) is 1.50. The molecule has 0 atom stereocenters. The lowest BCUT2D eigenvalue weighted by Gasteiger charge is -2.12. The van der Waals surface area contributed by atoms with Gasteiger partial charge in [-0.05, 0) is 26.7 Å². The summed E-state index contributed by atoms with van der Waals surface area (Å²) in [7, 11) is 0. The zero-order valence-corrected chi connectivity index (χ0v) is 11.1. The molecule has 0 N–H and O–H groups in total. The summed E-state index contributed by atoms with van der Waals surface area (Å²) in [6.45, 7) is 10.2. The van der Waals surface area contributed by atoms with Gasteiger partial charge in [0.1, 0.15) is 5.15 Å². The fourth-order valence-corrected chi connectivity index (χ4v) is 2.47. The second kappa shape index (κ2) is 3.74. The number of hydrogen-bond donors (Lipinski definition) is 0. The van der Waals surface area contributed by atoms with Crippen molar-refractivity contribution in [3.8, 4) is 0 Å². The molecule has 0 radical (unpaired) electrons. The highest BCUT2D eigenvalue weighted by atomic mass is 35.5. The molecule has 2 aromatic heterocycles. The van der Waals surface area contributed by atoms with E-state index in [4.69, 9.17) is 11.6 Å². The zero-order chi connectivity index (χ0) is 12.0. The summed E-state index contributed by atoms with van der Waals surface area (Å²) < 4.78 is 1.74. The van der Waals surface area contributed by atoms with E-state index < -0.39 is 0 Å². The predicted molar refractivity (Wildman–Crippen MR) is 66.3 cm³/mol. The number of rotatable bonds is 1. The SMILES string of the molecule is Cc1nc2c(C)c(C)nn2c(Cl)c1C(C)C. The minimum atomic E-state index is 0.356. The molecule has 2 rings (SSSR count). The van der Waals surface area contributed by atoms with Crippen LogP contribution >= 0.6 is 11.6 Å². The van der Waals surface area contributed by atoms with Crippen molar-refractivity contribution in [1.29, 1.82) is 0 Å². The van der Waals surface area contributed by atoms with Crippen LogP contribution in [0.1, 0.15) is 42.3 Å². The molecular formula is C12H16ClN3. The van der Waals surface area contributed by atoms with Crippen LogP contribution in [0.25, 0.3) is 5.65 Å². The van der Waals surface area contributed by atoms with Crippen LogP contribution in [0, 0.1) is 20.8 Å². The summed E-state index contributed by atoms with van der Waals surface area (Å²) in [5.74, 6) is 0.356. The molecule has 0 unspecified atom stereocenters. The van der Waals surface area contributed by atoms with Gasteiger partial charge in [0, 0.05) is 16.8 Å². The summed E-state index contributed by atoms with van der Waals surface area (Å²) in [5, 5.41) is 5.11. The van der Waals surface area contributed by atoms with Crippen molar-refractivity contribution in [1.82, 2.24) is 14.6 Å². The molecule has 0 aliphatic carbocycles. The topological polar surface area (TPSA) is 30.2 Å². The summed E-state index contributed by atoms with van der Waals surface area (Å²) in [4.78, 5) is 4.59. The van der Waals surface area contributed by atoms with Crippen LogP contribution in [0.2, 0.25) is 5.15 Å². The lowest BCUT2D eigenvalue weighted by molar-refractivity contribution is 0.803. The Kier molecular flexibility index (Phi) is 2.66. The molecule has 0 saturated heterocycles. The Morgan fingerprint density at radius 1 is 1.12 bits per heavy atom. The van der Waals surface area contributed by atoms with Crippen molar-refractivity contribution in [2.24, 2.45) is 0 Å². The van der Waals surface area contributed by atoms with Crippen LogP contribution in [0.15, 0.2) is 0 Å². The van der Waals surface area contributed by atoms with Crippen LogP contribution in [-0.2, 0) is 0 Å². The first-order valence-corrected chi connectivity index (χ1v) is 5.83. The van der Waals surface area contributed by atoms with E-state index in [9.17, 15) is 0 Å². The molecular weight excluding hydrogens is 222 g/mol. The molecule has 2 aromatic rings. The summed E-state index contributed by atoms with van der Waals surface area (Å²) in [5.41, 5.74) is 5.02. The van der Waals surface area contributed by atoms with Crippen molar-refractivity contribution in [2.75, 3.05) is 0 Å². The molecule has 3 nitrogen and oxygen atoms in total. The van der Waals surface area contributed by atoms with Crippen LogP contribution in [0.4, 0.5) is 0 Å². The fraction of sp³-hybridized carbons (Fsp3) is 0.500. The highest BCUT2D eigenvalue weighted by Gasteiger charge is 2.17. The van der Waals surface area contributed by atoms with Crippen LogP contribution in [0.3, 0.4) is 0 Å². The van der Waals surface area contributed by atoms with Gasteiger partial charge in [0.15, 0.2) is 5.65 Å². The Morgan fingerprint density at radius 2 is 1.75 bits per heavy atom. The Balaban J connectivity index is 2.89. The highest BCUT2D eigenvalue weighted by Crippen LogP contribution is 2.28. The summed E-state index contributed by atoms with van der Waals surface area (Å²) in [6, 6.07) is 0. The number of nitrogens with zero attached hydrogens (tertiary/aromatic N) is 3. The number of hydrogen-bond acceptors (Lipinski definition) is 2. The average Bonchev–Trinajstić information content (AvgIpc) is 2.45. The monoisotopic (exact) mass is 237 g/mol. The van der Waals surface area contributed by atoms with E-state index in [1.165, 1.54) is 0 Å². The predicted octanol–water partition coefficient (Wildman–Crippen LogP) is 3.43. The second-order valence-corrected chi connectivity index (χ2v) is 4.86. The zero-order valence-electron chi connectivity index (χ0n) is 10.3. The maximum Gasteiger partial charge on any atom is 0.160 e. The minimum Gasteiger partial charge on any atom is -0.233 e. The number of halogens is 1. The number of aryl methyl sites for hydroxylation is 3. The van der Waals surface area contributed by atoms with E-state index in [0.29, 0.717) is 11.1 Å². The normalized spacial score (nSPS) is 11.7. The Bertz CT molecular complexity index is 555. The third-order valence-electron chi connectivity index (χ3n) is 2.98.